The minimum atomic E-state index is -0.457. The number of ether oxygens (including phenoxy) is 2. The van der Waals surface area contributed by atoms with Gasteiger partial charge in [0.25, 0.3) is 5.91 Å². The van der Waals surface area contributed by atoms with Crippen LogP contribution in [0.5, 0.6) is 17.2 Å². The SMILES string of the molecule is COc1cc(C=CC=C(C#N)C(=O)NCc2cccc3ccccc23)cc(OC)c1O. The molecule has 1 amide bonds. The van der Waals surface area contributed by atoms with Gasteiger partial charge in [-0.1, -0.05) is 54.6 Å². The summed E-state index contributed by atoms with van der Waals surface area (Å²) in [5.41, 5.74) is 1.63. The third kappa shape index (κ3) is 5.03. The lowest BCUT2D eigenvalue weighted by Gasteiger charge is -2.09. The average molecular weight is 414 g/mol. The Morgan fingerprint density at radius 3 is 2.45 bits per heavy atom. The molecule has 156 valence electrons. The van der Waals surface area contributed by atoms with Crippen LogP contribution in [0.15, 0.2) is 72.3 Å². The van der Waals surface area contributed by atoms with Gasteiger partial charge in [0.15, 0.2) is 11.5 Å². The number of allylic oxidation sites excluding steroid dienone is 2. The molecule has 0 aliphatic heterocycles. The van der Waals surface area contributed by atoms with Crippen LogP contribution in [-0.2, 0) is 11.3 Å². The molecule has 0 saturated heterocycles. The maximum atomic E-state index is 12.5. The first-order valence-corrected chi connectivity index (χ1v) is 9.55. The molecule has 6 nitrogen and oxygen atoms in total. The predicted molar refractivity (Wildman–Crippen MR) is 120 cm³/mol. The van der Waals surface area contributed by atoms with E-state index in [1.807, 2.05) is 48.5 Å². The number of fused-ring (bicyclic) bond motifs is 1. The number of benzene rings is 3. The summed E-state index contributed by atoms with van der Waals surface area (Å²) in [6, 6.07) is 19.0. The van der Waals surface area contributed by atoms with Gasteiger partial charge in [-0.15, -0.1) is 0 Å². The molecular formula is C25H22N2O4. The van der Waals surface area contributed by atoms with E-state index in [1.165, 1.54) is 20.3 Å². The van der Waals surface area contributed by atoms with Crippen molar-refractivity contribution in [2.75, 3.05) is 14.2 Å². The van der Waals surface area contributed by atoms with E-state index in [-0.39, 0.29) is 22.8 Å². The van der Waals surface area contributed by atoms with Crippen LogP contribution in [0.2, 0.25) is 0 Å². The van der Waals surface area contributed by atoms with Gasteiger partial charge in [0.05, 0.1) is 14.2 Å². The van der Waals surface area contributed by atoms with Crippen molar-refractivity contribution in [1.82, 2.24) is 5.32 Å². The second-order valence-electron chi connectivity index (χ2n) is 6.65. The first-order valence-electron chi connectivity index (χ1n) is 9.55. The quantitative estimate of drug-likeness (QED) is 0.341. The Kier molecular flexibility index (Phi) is 6.92. The molecule has 0 bridgehead atoms. The van der Waals surface area contributed by atoms with Crippen molar-refractivity contribution in [2.24, 2.45) is 0 Å². The lowest BCUT2D eigenvalue weighted by Crippen LogP contribution is -2.24. The average Bonchev–Trinajstić information content (AvgIpc) is 2.81. The second kappa shape index (κ2) is 9.99. The Balaban J connectivity index is 1.73. The summed E-state index contributed by atoms with van der Waals surface area (Å²) in [4.78, 5) is 12.5. The van der Waals surface area contributed by atoms with Crippen LogP contribution in [0.25, 0.3) is 16.8 Å². The van der Waals surface area contributed by atoms with Gasteiger partial charge in [-0.05, 0) is 40.1 Å². The van der Waals surface area contributed by atoms with E-state index in [9.17, 15) is 15.2 Å². The molecule has 2 N–H and O–H groups in total. The number of phenolic OH excluding ortho intramolecular Hbond substituents is 1. The summed E-state index contributed by atoms with van der Waals surface area (Å²) < 4.78 is 10.2. The third-order valence-corrected chi connectivity index (χ3v) is 4.74. The Hall–Kier alpha value is -4.24. The Labute approximate surface area is 180 Å². The van der Waals surface area contributed by atoms with Crippen LogP contribution < -0.4 is 14.8 Å². The summed E-state index contributed by atoms with van der Waals surface area (Å²) in [6.07, 6.45) is 4.70. The van der Waals surface area contributed by atoms with Crippen LogP contribution in [0.1, 0.15) is 11.1 Å². The Morgan fingerprint density at radius 2 is 1.77 bits per heavy atom. The lowest BCUT2D eigenvalue weighted by molar-refractivity contribution is -0.117. The molecule has 0 heterocycles. The van der Waals surface area contributed by atoms with Crippen molar-refractivity contribution in [3.63, 3.8) is 0 Å². The maximum absolute atomic E-state index is 12.5. The van der Waals surface area contributed by atoms with Gasteiger partial charge in [0.1, 0.15) is 11.6 Å². The van der Waals surface area contributed by atoms with Gasteiger partial charge in [0, 0.05) is 6.54 Å². The van der Waals surface area contributed by atoms with E-state index >= 15 is 0 Å². The molecular weight excluding hydrogens is 392 g/mol. The zero-order valence-corrected chi connectivity index (χ0v) is 17.3. The number of methoxy groups -OCH3 is 2. The second-order valence-corrected chi connectivity index (χ2v) is 6.65. The molecule has 0 spiro atoms. The van der Waals surface area contributed by atoms with Gasteiger partial charge in [-0.2, -0.15) is 5.26 Å². The fraction of sp³-hybridized carbons (Fsp3) is 0.120. The van der Waals surface area contributed by atoms with Crippen molar-refractivity contribution in [3.05, 3.63) is 83.4 Å². The smallest absolute Gasteiger partial charge is 0.262 e. The summed E-state index contributed by atoms with van der Waals surface area (Å²) in [6.45, 7) is 0.315. The van der Waals surface area contributed by atoms with E-state index < -0.39 is 5.91 Å². The zero-order chi connectivity index (χ0) is 22.2. The number of nitriles is 1. The molecule has 3 aromatic rings. The number of phenols is 1. The molecule has 0 fully saturated rings. The largest absolute Gasteiger partial charge is 0.502 e. The standard InChI is InChI=1S/C25H22N2O4/c1-30-22-13-17(14-23(31-2)24(22)28)7-5-10-19(15-26)25(29)27-16-20-11-6-9-18-8-3-4-12-21(18)20/h3-14,28H,16H2,1-2H3,(H,27,29). The highest BCUT2D eigenvalue weighted by molar-refractivity contribution is 5.98. The van der Waals surface area contributed by atoms with Crippen molar-refractivity contribution in [3.8, 4) is 23.3 Å². The van der Waals surface area contributed by atoms with E-state index in [1.54, 1.807) is 24.3 Å². The molecule has 0 aliphatic carbocycles. The molecule has 3 aromatic carbocycles. The number of rotatable bonds is 7. The summed E-state index contributed by atoms with van der Waals surface area (Å²) in [5, 5.41) is 24.3. The first-order chi connectivity index (χ1) is 15.1. The lowest BCUT2D eigenvalue weighted by atomic mass is 10.0. The van der Waals surface area contributed by atoms with Crippen LogP contribution in [-0.4, -0.2) is 25.2 Å². The number of hydrogen-bond donors (Lipinski definition) is 2. The molecule has 0 radical (unpaired) electrons. The molecule has 3 rings (SSSR count). The number of hydrogen-bond acceptors (Lipinski definition) is 5. The van der Waals surface area contributed by atoms with Crippen LogP contribution >= 0.6 is 0 Å². The number of aromatic hydroxyl groups is 1. The van der Waals surface area contributed by atoms with Crippen molar-refractivity contribution < 1.29 is 19.4 Å². The third-order valence-electron chi connectivity index (χ3n) is 4.74. The monoisotopic (exact) mass is 414 g/mol. The summed E-state index contributed by atoms with van der Waals surface area (Å²) in [5.74, 6) is -0.0307. The van der Waals surface area contributed by atoms with Gasteiger partial charge in [0.2, 0.25) is 5.75 Å². The van der Waals surface area contributed by atoms with Gasteiger partial charge in [-0.3, -0.25) is 4.79 Å². The van der Waals surface area contributed by atoms with Gasteiger partial charge < -0.3 is 19.9 Å². The minimum absolute atomic E-state index is 0.0193. The molecule has 0 aliphatic rings. The Bertz CT molecular complexity index is 1180. The molecule has 0 unspecified atom stereocenters. The molecule has 0 atom stereocenters. The molecule has 6 heteroatoms. The van der Waals surface area contributed by atoms with Crippen LogP contribution in [0, 0.1) is 11.3 Å². The van der Waals surface area contributed by atoms with Crippen molar-refractivity contribution >= 4 is 22.8 Å². The maximum Gasteiger partial charge on any atom is 0.262 e. The van der Waals surface area contributed by atoms with Crippen LogP contribution in [0.4, 0.5) is 0 Å². The van der Waals surface area contributed by atoms with E-state index in [4.69, 9.17) is 9.47 Å². The fourth-order valence-electron chi connectivity index (χ4n) is 3.15. The highest BCUT2D eigenvalue weighted by Gasteiger charge is 2.11. The number of nitrogens with one attached hydrogen (secondary N) is 1. The molecule has 0 saturated carbocycles. The van der Waals surface area contributed by atoms with E-state index in [2.05, 4.69) is 5.32 Å². The van der Waals surface area contributed by atoms with E-state index in [0.717, 1.165) is 16.3 Å². The first kappa shape index (κ1) is 21.5. The Morgan fingerprint density at radius 1 is 1.10 bits per heavy atom. The van der Waals surface area contributed by atoms with E-state index in [0.29, 0.717) is 12.1 Å². The topological polar surface area (TPSA) is 91.6 Å². The number of amides is 1. The predicted octanol–water partition coefficient (Wildman–Crippen LogP) is 4.34. The number of nitrogens with zero attached hydrogens (tertiary/aromatic N) is 1. The molecule has 0 aromatic heterocycles. The number of carbonyl (C=O) groups excluding carboxylic acids is 1. The van der Waals surface area contributed by atoms with Gasteiger partial charge in [-0.25, -0.2) is 0 Å². The fourth-order valence-corrected chi connectivity index (χ4v) is 3.15. The minimum Gasteiger partial charge on any atom is -0.502 e. The number of carbonyl (C=O) groups is 1. The van der Waals surface area contributed by atoms with Crippen molar-refractivity contribution in [1.29, 1.82) is 5.26 Å². The van der Waals surface area contributed by atoms with Gasteiger partial charge >= 0.3 is 0 Å². The summed E-state index contributed by atoms with van der Waals surface area (Å²) >= 11 is 0. The zero-order valence-electron chi connectivity index (χ0n) is 17.3. The molecule has 31 heavy (non-hydrogen) atoms. The highest BCUT2D eigenvalue weighted by atomic mass is 16.5. The van der Waals surface area contributed by atoms with Crippen molar-refractivity contribution in [2.45, 2.75) is 6.54 Å². The normalized spacial score (nSPS) is 11.3. The van der Waals surface area contributed by atoms with Crippen LogP contribution in [0.3, 0.4) is 0 Å². The summed E-state index contributed by atoms with van der Waals surface area (Å²) in [7, 11) is 2.88. The highest BCUT2D eigenvalue weighted by Crippen LogP contribution is 2.37.